The van der Waals surface area contributed by atoms with Crippen molar-refractivity contribution in [3.05, 3.63) is 68.8 Å². The molecule has 0 saturated carbocycles. The van der Waals surface area contributed by atoms with Crippen molar-refractivity contribution >= 4 is 36.8 Å². The van der Waals surface area contributed by atoms with Crippen LogP contribution >= 0.6 is 11.6 Å². The maximum absolute atomic E-state index is 13.9. The number of hydrogen-bond donors (Lipinski definition) is 1. The highest BCUT2D eigenvalue weighted by atomic mass is 35.5. The number of carbonyl (C=O) groups excluding carboxylic acids is 1. The number of imidazole rings is 1. The highest BCUT2D eigenvalue weighted by Crippen LogP contribution is 2.39. The molecule has 0 aliphatic carbocycles. The third-order valence-electron chi connectivity index (χ3n) is 7.97. The first-order chi connectivity index (χ1) is 20.1. The molecule has 236 valence electrons. The molecular formula is C32H45ClFN3O5Si. The third kappa shape index (κ3) is 8.50. The van der Waals surface area contributed by atoms with E-state index in [-0.39, 0.29) is 24.3 Å². The molecule has 8 nitrogen and oxygen atoms in total. The molecule has 1 amide bonds. The molecule has 1 saturated heterocycles. The van der Waals surface area contributed by atoms with E-state index in [1.54, 1.807) is 27.7 Å². The largest absolute Gasteiger partial charge is 0.444 e. The summed E-state index contributed by atoms with van der Waals surface area (Å²) in [6.07, 6.45) is 0.491. The summed E-state index contributed by atoms with van der Waals surface area (Å²) in [5.41, 5.74) is 1.75. The van der Waals surface area contributed by atoms with Crippen LogP contribution in [0.4, 0.5) is 9.18 Å². The minimum atomic E-state index is -1.26. The van der Waals surface area contributed by atoms with Gasteiger partial charge in [0.25, 0.3) is 0 Å². The smallest absolute Gasteiger partial charge is 0.410 e. The Labute approximate surface area is 259 Å². The van der Waals surface area contributed by atoms with Gasteiger partial charge in [0.05, 0.1) is 23.7 Å². The number of benzene rings is 2. The number of carbonyl (C=O) groups is 1. The van der Waals surface area contributed by atoms with Gasteiger partial charge < -0.3 is 24.1 Å². The van der Waals surface area contributed by atoms with E-state index in [4.69, 9.17) is 25.8 Å². The van der Waals surface area contributed by atoms with Crippen molar-refractivity contribution in [2.45, 2.75) is 90.1 Å². The van der Waals surface area contributed by atoms with Crippen LogP contribution in [0, 0.1) is 5.82 Å². The molecule has 2 heterocycles. The lowest BCUT2D eigenvalue weighted by molar-refractivity contribution is -0.00933. The van der Waals surface area contributed by atoms with Gasteiger partial charge in [-0.05, 0) is 76.4 Å². The minimum Gasteiger partial charge on any atom is -0.444 e. The average molecular weight is 634 g/mol. The van der Waals surface area contributed by atoms with Crippen molar-refractivity contribution in [1.29, 1.82) is 0 Å². The summed E-state index contributed by atoms with van der Waals surface area (Å²) in [5.74, 6) is -0.307. The topological polar surface area (TPSA) is 85.8 Å². The zero-order valence-electron chi connectivity index (χ0n) is 26.4. The van der Waals surface area contributed by atoms with Crippen LogP contribution < -0.4 is 5.69 Å². The fourth-order valence-electron chi connectivity index (χ4n) is 5.37. The normalized spacial score (nSPS) is 16.4. The first-order valence-corrected chi connectivity index (χ1v) is 19.0. The lowest BCUT2D eigenvalue weighted by atomic mass is 9.73. The predicted octanol–water partition coefficient (Wildman–Crippen LogP) is 7.48. The maximum Gasteiger partial charge on any atom is 0.410 e. The lowest BCUT2D eigenvalue weighted by Gasteiger charge is -2.42. The van der Waals surface area contributed by atoms with Crippen molar-refractivity contribution in [3.63, 3.8) is 0 Å². The van der Waals surface area contributed by atoms with Gasteiger partial charge in [-0.3, -0.25) is 4.57 Å². The fraction of sp³-hybridized carbons (Fsp3) is 0.562. The quantitative estimate of drug-likeness (QED) is 0.185. The summed E-state index contributed by atoms with van der Waals surface area (Å²) in [4.78, 5) is 30.4. The van der Waals surface area contributed by atoms with E-state index in [2.05, 4.69) is 24.6 Å². The molecule has 1 unspecified atom stereocenters. The van der Waals surface area contributed by atoms with Crippen molar-refractivity contribution < 1.29 is 23.4 Å². The van der Waals surface area contributed by atoms with Crippen LogP contribution in [-0.4, -0.2) is 60.5 Å². The number of rotatable bonds is 10. The Hall–Kier alpha value is -2.66. The molecule has 11 heteroatoms. The summed E-state index contributed by atoms with van der Waals surface area (Å²) in [7, 11) is -1.26. The molecule has 1 N–H and O–H groups in total. The molecule has 1 fully saturated rings. The Kier molecular flexibility index (Phi) is 10.2. The van der Waals surface area contributed by atoms with Crippen LogP contribution in [0.1, 0.15) is 57.8 Å². The summed E-state index contributed by atoms with van der Waals surface area (Å²) in [6.45, 7) is 16.4. The molecule has 43 heavy (non-hydrogen) atoms. The molecule has 1 atom stereocenters. The number of halogens is 2. The van der Waals surface area contributed by atoms with Crippen molar-refractivity contribution in [3.8, 4) is 0 Å². The highest BCUT2D eigenvalue weighted by molar-refractivity contribution is 6.76. The second-order valence-corrected chi connectivity index (χ2v) is 19.9. The molecule has 0 radical (unpaired) electrons. The van der Waals surface area contributed by atoms with Crippen LogP contribution in [0.2, 0.25) is 30.7 Å². The van der Waals surface area contributed by atoms with Gasteiger partial charge in [-0.15, -0.1) is 0 Å². The van der Waals surface area contributed by atoms with Crippen LogP contribution in [0.25, 0.3) is 11.0 Å². The molecular weight excluding hydrogens is 589 g/mol. The standard InChI is InChI=1S/C32H45ClFN3O5Si/c1-22(26-18-24(33)19-27-28(26)35-29(38)37(27)21-40-16-17-43(5,6)7)41-20-32(23-8-10-25(34)11-9-23)12-14-36(15-13-32)30(39)42-31(2,3)4/h8-11,18-19,22H,12-17,20-21H2,1-7H3,(H,35,38). The van der Waals surface area contributed by atoms with Gasteiger partial charge in [0.15, 0.2) is 0 Å². The maximum atomic E-state index is 13.9. The van der Waals surface area contributed by atoms with E-state index in [0.29, 0.717) is 55.2 Å². The SMILES string of the molecule is CC(OCC1(c2ccc(F)cc2)CCN(C(=O)OC(C)(C)C)CC1)c1cc(Cl)cc2c1[nH]c(=O)n2COCC[Si](C)(C)C. The van der Waals surface area contributed by atoms with Crippen molar-refractivity contribution in [2.24, 2.45) is 0 Å². The Bertz CT molecular complexity index is 1470. The second kappa shape index (κ2) is 13.1. The van der Waals surface area contributed by atoms with E-state index >= 15 is 0 Å². The van der Waals surface area contributed by atoms with Gasteiger partial charge in [0.2, 0.25) is 0 Å². The van der Waals surface area contributed by atoms with E-state index < -0.39 is 25.2 Å². The van der Waals surface area contributed by atoms with Gasteiger partial charge in [-0.1, -0.05) is 43.4 Å². The van der Waals surface area contributed by atoms with Crippen LogP contribution in [0.15, 0.2) is 41.2 Å². The first-order valence-electron chi connectivity index (χ1n) is 14.9. The van der Waals surface area contributed by atoms with Gasteiger partial charge in [0, 0.05) is 43.8 Å². The number of aromatic amines is 1. The van der Waals surface area contributed by atoms with Gasteiger partial charge in [0.1, 0.15) is 18.1 Å². The third-order valence-corrected chi connectivity index (χ3v) is 9.90. The van der Waals surface area contributed by atoms with Crippen LogP contribution in [-0.2, 0) is 26.4 Å². The minimum absolute atomic E-state index is 0.139. The number of amides is 1. The number of ether oxygens (including phenoxy) is 3. The van der Waals surface area contributed by atoms with Crippen LogP contribution in [0.5, 0.6) is 0 Å². The summed E-state index contributed by atoms with van der Waals surface area (Å²) < 4.78 is 33.4. The van der Waals surface area contributed by atoms with E-state index in [1.807, 2.05) is 33.8 Å². The number of nitrogens with zero attached hydrogens (tertiary/aromatic N) is 2. The average Bonchev–Trinajstić information content (AvgIpc) is 3.23. The zero-order chi connectivity index (χ0) is 31.6. The van der Waals surface area contributed by atoms with Crippen molar-refractivity contribution in [1.82, 2.24) is 14.5 Å². The Morgan fingerprint density at radius 3 is 2.40 bits per heavy atom. The fourth-order valence-corrected chi connectivity index (χ4v) is 6.34. The van der Waals surface area contributed by atoms with Gasteiger partial charge in [-0.25, -0.2) is 14.0 Å². The zero-order valence-corrected chi connectivity index (χ0v) is 28.1. The van der Waals surface area contributed by atoms with Gasteiger partial charge in [-0.2, -0.15) is 0 Å². The number of aromatic nitrogens is 2. The molecule has 2 aromatic carbocycles. The van der Waals surface area contributed by atoms with Crippen LogP contribution in [0.3, 0.4) is 0 Å². The number of likely N-dealkylation sites (tertiary alicyclic amines) is 1. The monoisotopic (exact) mass is 633 g/mol. The molecule has 1 aromatic heterocycles. The second-order valence-electron chi connectivity index (χ2n) is 13.8. The molecule has 3 aromatic rings. The molecule has 1 aliphatic rings. The number of hydrogen-bond acceptors (Lipinski definition) is 5. The Morgan fingerprint density at radius 2 is 1.79 bits per heavy atom. The number of piperidine rings is 1. The lowest BCUT2D eigenvalue weighted by Crippen LogP contribution is -2.48. The first kappa shape index (κ1) is 33.2. The summed E-state index contributed by atoms with van der Waals surface area (Å²) >= 11 is 6.54. The molecule has 4 rings (SSSR count). The predicted molar refractivity (Wildman–Crippen MR) is 171 cm³/mol. The van der Waals surface area contributed by atoms with Gasteiger partial charge >= 0.3 is 11.8 Å². The van der Waals surface area contributed by atoms with E-state index in [0.717, 1.165) is 17.2 Å². The Morgan fingerprint density at radius 1 is 1.14 bits per heavy atom. The van der Waals surface area contributed by atoms with E-state index in [9.17, 15) is 14.0 Å². The van der Waals surface area contributed by atoms with E-state index in [1.165, 1.54) is 12.1 Å². The number of nitrogens with one attached hydrogen (secondary N) is 1. The van der Waals surface area contributed by atoms with Crippen molar-refractivity contribution in [2.75, 3.05) is 26.3 Å². The Balaban J connectivity index is 1.54. The molecule has 0 spiro atoms. The number of H-pyrrole nitrogens is 1. The number of fused-ring (bicyclic) bond motifs is 1. The highest BCUT2D eigenvalue weighted by Gasteiger charge is 2.39. The molecule has 1 aliphatic heterocycles. The summed E-state index contributed by atoms with van der Waals surface area (Å²) in [6, 6.07) is 11.1. The summed E-state index contributed by atoms with van der Waals surface area (Å²) in [5, 5.41) is 0.492. The molecule has 0 bridgehead atoms.